The number of anilines is 1. The van der Waals surface area contributed by atoms with Gasteiger partial charge in [0.05, 0.1) is 38.1 Å². The van der Waals surface area contributed by atoms with E-state index in [1.54, 1.807) is 18.2 Å². The molecule has 8 nitrogen and oxygen atoms in total. The van der Waals surface area contributed by atoms with Crippen LogP contribution in [0.3, 0.4) is 0 Å². The van der Waals surface area contributed by atoms with Gasteiger partial charge < -0.3 is 24.3 Å². The predicted octanol–water partition coefficient (Wildman–Crippen LogP) is 2.29. The van der Waals surface area contributed by atoms with Gasteiger partial charge in [-0.05, 0) is 30.3 Å². The van der Waals surface area contributed by atoms with E-state index in [4.69, 9.17) is 14.2 Å². The summed E-state index contributed by atoms with van der Waals surface area (Å²) >= 11 is 0. The van der Waals surface area contributed by atoms with Crippen molar-refractivity contribution in [3.63, 3.8) is 0 Å². The van der Waals surface area contributed by atoms with Crippen molar-refractivity contribution in [1.82, 2.24) is 0 Å². The molecule has 0 bridgehead atoms. The van der Waals surface area contributed by atoms with Crippen LogP contribution in [0.4, 0.5) is 5.69 Å². The molecule has 2 aromatic carbocycles. The Morgan fingerprint density at radius 3 is 2.22 bits per heavy atom. The third-order valence-corrected chi connectivity index (χ3v) is 3.54. The van der Waals surface area contributed by atoms with E-state index in [2.05, 4.69) is 10.1 Å². The molecule has 8 heteroatoms. The minimum atomic E-state index is -0.738. The number of carbonyl (C=O) groups excluding carboxylic acids is 3. The lowest BCUT2D eigenvalue weighted by atomic mass is 10.1. The first-order valence-electron chi connectivity index (χ1n) is 7.86. The van der Waals surface area contributed by atoms with Crippen molar-refractivity contribution in [2.75, 3.05) is 33.3 Å². The molecule has 1 N–H and O–H groups in total. The number of esters is 2. The van der Waals surface area contributed by atoms with E-state index in [-0.39, 0.29) is 11.1 Å². The second kappa shape index (κ2) is 9.23. The number of hydrogen-bond acceptors (Lipinski definition) is 7. The van der Waals surface area contributed by atoms with Gasteiger partial charge >= 0.3 is 11.9 Å². The lowest BCUT2D eigenvalue weighted by Crippen LogP contribution is -2.21. The molecule has 0 heterocycles. The average Bonchev–Trinajstić information content (AvgIpc) is 2.71. The summed E-state index contributed by atoms with van der Waals surface area (Å²) in [5.41, 5.74) is 0.749. The predicted molar refractivity (Wildman–Crippen MR) is 96.2 cm³/mol. The first-order chi connectivity index (χ1) is 13.0. The van der Waals surface area contributed by atoms with E-state index in [0.717, 1.165) is 0 Å². The molecule has 0 aliphatic rings. The molecule has 0 atom stereocenters. The molecule has 0 spiro atoms. The van der Waals surface area contributed by atoms with Gasteiger partial charge in [0.2, 0.25) is 0 Å². The minimum absolute atomic E-state index is 0.132. The Bertz CT molecular complexity index is 848. The largest absolute Gasteiger partial charge is 0.497 e. The SMILES string of the molecule is COC(=O)c1cccc(C(=O)OCC(=O)Nc2ccc(OC)cc2OC)c1. The van der Waals surface area contributed by atoms with Crippen molar-refractivity contribution in [3.05, 3.63) is 53.6 Å². The van der Waals surface area contributed by atoms with E-state index < -0.39 is 24.5 Å². The Morgan fingerprint density at radius 1 is 0.889 bits per heavy atom. The van der Waals surface area contributed by atoms with E-state index in [1.807, 2.05) is 0 Å². The summed E-state index contributed by atoms with van der Waals surface area (Å²) in [6.45, 7) is -0.504. The highest BCUT2D eigenvalue weighted by Crippen LogP contribution is 2.28. The third kappa shape index (κ3) is 5.21. The van der Waals surface area contributed by atoms with Crippen molar-refractivity contribution in [1.29, 1.82) is 0 Å². The first-order valence-corrected chi connectivity index (χ1v) is 7.86. The standard InChI is InChI=1S/C19H19NO7/c1-24-14-7-8-15(16(10-14)25-2)20-17(21)11-27-19(23)13-6-4-5-12(9-13)18(22)26-3/h4-10H,11H2,1-3H3,(H,20,21). The highest BCUT2D eigenvalue weighted by molar-refractivity contribution is 5.98. The van der Waals surface area contributed by atoms with Gasteiger partial charge in [-0.25, -0.2) is 9.59 Å². The number of carbonyl (C=O) groups is 3. The summed E-state index contributed by atoms with van der Waals surface area (Å²) in [6.07, 6.45) is 0. The molecule has 0 aromatic heterocycles. The molecule has 0 radical (unpaired) electrons. The number of hydrogen-bond donors (Lipinski definition) is 1. The van der Waals surface area contributed by atoms with Crippen LogP contribution in [-0.4, -0.2) is 45.8 Å². The van der Waals surface area contributed by atoms with E-state index in [0.29, 0.717) is 17.2 Å². The van der Waals surface area contributed by atoms with Crippen molar-refractivity contribution >= 4 is 23.5 Å². The molecular weight excluding hydrogens is 354 g/mol. The quantitative estimate of drug-likeness (QED) is 0.743. The molecule has 0 saturated heterocycles. The first kappa shape index (κ1) is 19.8. The van der Waals surface area contributed by atoms with Crippen LogP contribution < -0.4 is 14.8 Å². The molecule has 0 fully saturated rings. The second-order valence-electron chi connectivity index (χ2n) is 5.26. The minimum Gasteiger partial charge on any atom is -0.497 e. The Labute approximate surface area is 156 Å². The smallest absolute Gasteiger partial charge is 0.338 e. The van der Waals surface area contributed by atoms with E-state index >= 15 is 0 Å². The van der Waals surface area contributed by atoms with Crippen LogP contribution in [0.2, 0.25) is 0 Å². The number of methoxy groups -OCH3 is 3. The van der Waals surface area contributed by atoms with Gasteiger partial charge in [-0.3, -0.25) is 4.79 Å². The summed E-state index contributed by atoms with van der Waals surface area (Å²) < 4.78 is 19.8. The number of rotatable bonds is 7. The Balaban J connectivity index is 1.97. The van der Waals surface area contributed by atoms with Gasteiger partial charge in [0, 0.05) is 6.07 Å². The van der Waals surface area contributed by atoms with Crippen LogP contribution >= 0.6 is 0 Å². The maximum absolute atomic E-state index is 12.1. The normalized spacial score (nSPS) is 9.89. The molecule has 0 aliphatic heterocycles. The van der Waals surface area contributed by atoms with Gasteiger partial charge in [0.15, 0.2) is 6.61 Å². The van der Waals surface area contributed by atoms with Crippen LogP contribution in [0.1, 0.15) is 20.7 Å². The summed E-state index contributed by atoms with van der Waals surface area (Å²) in [7, 11) is 4.21. The number of nitrogens with one attached hydrogen (secondary N) is 1. The lowest BCUT2D eigenvalue weighted by molar-refractivity contribution is -0.119. The van der Waals surface area contributed by atoms with Crippen LogP contribution in [0.15, 0.2) is 42.5 Å². The monoisotopic (exact) mass is 373 g/mol. The molecule has 2 rings (SSSR count). The van der Waals surface area contributed by atoms with Crippen molar-refractivity contribution < 1.29 is 33.3 Å². The zero-order chi connectivity index (χ0) is 19.8. The summed E-state index contributed by atoms with van der Waals surface area (Å²) in [4.78, 5) is 35.6. The molecule has 27 heavy (non-hydrogen) atoms. The highest BCUT2D eigenvalue weighted by Gasteiger charge is 2.14. The van der Waals surface area contributed by atoms with Crippen LogP contribution in [0.25, 0.3) is 0 Å². The Morgan fingerprint density at radius 2 is 1.59 bits per heavy atom. The number of benzene rings is 2. The third-order valence-electron chi connectivity index (χ3n) is 3.54. The zero-order valence-electron chi connectivity index (χ0n) is 15.1. The number of ether oxygens (including phenoxy) is 4. The number of amides is 1. The molecule has 0 unspecified atom stereocenters. The van der Waals surface area contributed by atoms with Crippen molar-refractivity contribution in [2.45, 2.75) is 0 Å². The highest BCUT2D eigenvalue weighted by atomic mass is 16.5. The van der Waals surface area contributed by atoms with E-state index in [1.165, 1.54) is 45.6 Å². The Kier molecular flexibility index (Phi) is 6.76. The molecule has 142 valence electrons. The fourth-order valence-corrected chi connectivity index (χ4v) is 2.19. The Hall–Kier alpha value is -3.55. The summed E-state index contributed by atoms with van der Waals surface area (Å²) in [5.74, 6) is -0.885. The molecule has 2 aromatic rings. The molecule has 0 aliphatic carbocycles. The van der Waals surface area contributed by atoms with Crippen molar-refractivity contribution in [2.24, 2.45) is 0 Å². The van der Waals surface area contributed by atoms with Crippen LogP contribution in [-0.2, 0) is 14.3 Å². The molecule has 0 saturated carbocycles. The fraction of sp³-hybridized carbons (Fsp3) is 0.211. The lowest BCUT2D eigenvalue weighted by Gasteiger charge is -2.12. The topological polar surface area (TPSA) is 100 Å². The summed E-state index contributed by atoms with van der Waals surface area (Å²) in [5, 5.41) is 2.59. The van der Waals surface area contributed by atoms with Gasteiger partial charge in [-0.15, -0.1) is 0 Å². The van der Waals surface area contributed by atoms with Gasteiger partial charge in [0.25, 0.3) is 5.91 Å². The van der Waals surface area contributed by atoms with Gasteiger partial charge in [0.1, 0.15) is 11.5 Å². The van der Waals surface area contributed by atoms with Crippen LogP contribution in [0.5, 0.6) is 11.5 Å². The maximum Gasteiger partial charge on any atom is 0.338 e. The summed E-state index contributed by atoms with van der Waals surface area (Å²) in [6, 6.07) is 10.7. The van der Waals surface area contributed by atoms with E-state index in [9.17, 15) is 14.4 Å². The molecular formula is C19H19NO7. The maximum atomic E-state index is 12.1. The second-order valence-corrected chi connectivity index (χ2v) is 5.26. The van der Waals surface area contributed by atoms with Crippen molar-refractivity contribution in [3.8, 4) is 11.5 Å². The van der Waals surface area contributed by atoms with Gasteiger partial charge in [-0.2, -0.15) is 0 Å². The molecule has 1 amide bonds. The van der Waals surface area contributed by atoms with Gasteiger partial charge in [-0.1, -0.05) is 6.07 Å². The van der Waals surface area contributed by atoms with Crippen LogP contribution in [0, 0.1) is 0 Å². The fourth-order valence-electron chi connectivity index (χ4n) is 2.19. The zero-order valence-corrected chi connectivity index (χ0v) is 15.1. The average molecular weight is 373 g/mol.